The van der Waals surface area contributed by atoms with E-state index in [2.05, 4.69) is 17.2 Å². The largest absolute Gasteiger partial charge is 0.477 e. The predicted molar refractivity (Wildman–Crippen MR) is 64.4 cm³/mol. The minimum absolute atomic E-state index is 0.308. The Labute approximate surface area is 101 Å². The van der Waals surface area contributed by atoms with Gasteiger partial charge in [0.25, 0.3) is 0 Å². The Morgan fingerprint density at radius 3 is 3.06 bits per heavy atom. The van der Waals surface area contributed by atoms with Crippen LogP contribution in [-0.2, 0) is 6.54 Å². The summed E-state index contributed by atoms with van der Waals surface area (Å²) in [5.74, 6) is 0.942. The molecular weight excluding hydrogens is 219 g/mol. The summed E-state index contributed by atoms with van der Waals surface area (Å²) in [5.41, 5.74) is 0.805. The summed E-state index contributed by atoms with van der Waals surface area (Å²) in [6.07, 6.45) is 4.75. The molecule has 4 heteroatoms. The zero-order valence-electron chi connectivity index (χ0n) is 10.2. The van der Waals surface area contributed by atoms with Crippen LogP contribution in [0.5, 0.6) is 5.88 Å². The molecule has 0 atom stereocenters. The average molecular weight is 238 g/mol. The molecule has 1 aromatic rings. The molecular formula is C13H19FN2O. The number of halogens is 1. The Bertz CT molecular complexity index is 366. The zero-order chi connectivity index (χ0) is 12.1. The molecule has 1 N–H and O–H groups in total. The number of ether oxygens (including phenoxy) is 1. The van der Waals surface area contributed by atoms with Crippen molar-refractivity contribution < 1.29 is 9.13 Å². The summed E-state index contributed by atoms with van der Waals surface area (Å²) in [6, 6.07) is 1.50. The number of hydrogen-bond donors (Lipinski definition) is 1. The molecule has 0 spiro atoms. The molecule has 1 saturated carbocycles. The zero-order valence-corrected chi connectivity index (χ0v) is 10.2. The second-order valence-electron chi connectivity index (χ2n) is 4.55. The molecule has 0 radical (unpaired) electrons. The van der Waals surface area contributed by atoms with Crippen LogP contribution >= 0.6 is 0 Å². The van der Waals surface area contributed by atoms with Crippen molar-refractivity contribution in [1.29, 1.82) is 0 Å². The standard InChI is InChI=1S/C13H19FN2O/c1-2-5-15-7-11-6-12(14)8-16-13(11)17-9-10-3-4-10/h6,8,10,15H,2-5,7,9H2,1H3. The van der Waals surface area contributed by atoms with Gasteiger partial charge >= 0.3 is 0 Å². The van der Waals surface area contributed by atoms with E-state index in [0.717, 1.165) is 18.5 Å². The number of aromatic nitrogens is 1. The van der Waals surface area contributed by atoms with Crippen LogP contribution in [0.4, 0.5) is 4.39 Å². The maximum absolute atomic E-state index is 13.1. The smallest absolute Gasteiger partial charge is 0.218 e. The average Bonchev–Trinajstić information content (AvgIpc) is 3.12. The lowest BCUT2D eigenvalue weighted by Crippen LogP contribution is -2.15. The quantitative estimate of drug-likeness (QED) is 0.741. The van der Waals surface area contributed by atoms with Crippen molar-refractivity contribution in [2.45, 2.75) is 32.7 Å². The summed E-state index contributed by atoms with van der Waals surface area (Å²) < 4.78 is 18.8. The van der Waals surface area contributed by atoms with E-state index in [9.17, 15) is 4.39 Å². The summed E-state index contributed by atoms with van der Waals surface area (Å²) in [7, 11) is 0. The van der Waals surface area contributed by atoms with E-state index in [4.69, 9.17) is 4.74 Å². The van der Waals surface area contributed by atoms with Crippen LogP contribution in [0.2, 0.25) is 0 Å². The van der Waals surface area contributed by atoms with Crippen molar-refractivity contribution in [3.8, 4) is 5.88 Å². The van der Waals surface area contributed by atoms with Gasteiger partial charge in [0.1, 0.15) is 5.82 Å². The van der Waals surface area contributed by atoms with E-state index in [-0.39, 0.29) is 5.82 Å². The number of pyridine rings is 1. The van der Waals surface area contributed by atoms with Crippen molar-refractivity contribution in [2.75, 3.05) is 13.2 Å². The van der Waals surface area contributed by atoms with Gasteiger partial charge in [-0.25, -0.2) is 9.37 Å². The first-order valence-corrected chi connectivity index (χ1v) is 6.27. The first-order valence-electron chi connectivity index (χ1n) is 6.27. The number of hydrogen-bond acceptors (Lipinski definition) is 3. The first-order chi connectivity index (χ1) is 8.29. The highest BCUT2D eigenvalue weighted by molar-refractivity contribution is 5.26. The minimum atomic E-state index is -0.308. The monoisotopic (exact) mass is 238 g/mol. The van der Waals surface area contributed by atoms with E-state index >= 15 is 0 Å². The third kappa shape index (κ3) is 3.97. The van der Waals surface area contributed by atoms with Crippen LogP contribution in [0.3, 0.4) is 0 Å². The topological polar surface area (TPSA) is 34.2 Å². The molecule has 0 saturated heterocycles. The molecule has 0 amide bonds. The van der Waals surface area contributed by atoms with Crippen LogP contribution in [0.25, 0.3) is 0 Å². The number of rotatable bonds is 7. The van der Waals surface area contributed by atoms with Crippen LogP contribution in [0.1, 0.15) is 31.7 Å². The minimum Gasteiger partial charge on any atom is -0.477 e. The third-order valence-electron chi connectivity index (χ3n) is 2.79. The Morgan fingerprint density at radius 2 is 2.35 bits per heavy atom. The van der Waals surface area contributed by atoms with E-state index in [1.807, 2.05) is 0 Å². The molecule has 0 aliphatic heterocycles. The lowest BCUT2D eigenvalue weighted by Gasteiger charge is -2.10. The Hall–Kier alpha value is -1.16. The number of nitrogens with one attached hydrogen (secondary N) is 1. The van der Waals surface area contributed by atoms with Gasteiger partial charge in [-0.3, -0.25) is 0 Å². The SMILES string of the molecule is CCCNCc1cc(F)cnc1OCC1CC1. The molecule has 1 aliphatic carbocycles. The fraction of sp³-hybridized carbons (Fsp3) is 0.615. The molecule has 0 bridgehead atoms. The van der Waals surface area contributed by atoms with Crippen LogP contribution in [-0.4, -0.2) is 18.1 Å². The summed E-state index contributed by atoms with van der Waals surface area (Å²) in [6.45, 7) is 4.33. The second-order valence-corrected chi connectivity index (χ2v) is 4.55. The highest BCUT2D eigenvalue weighted by Gasteiger charge is 2.22. The van der Waals surface area contributed by atoms with Gasteiger partial charge in [0, 0.05) is 12.1 Å². The second kappa shape index (κ2) is 5.96. The van der Waals surface area contributed by atoms with Crippen molar-refractivity contribution in [2.24, 2.45) is 5.92 Å². The molecule has 17 heavy (non-hydrogen) atoms. The van der Waals surface area contributed by atoms with Crippen molar-refractivity contribution in [3.05, 3.63) is 23.6 Å². The molecule has 94 valence electrons. The van der Waals surface area contributed by atoms with E-state index in [0.29, 0.717) is 24.9 Å². The van der Waals surface area contributed by atoms with Gasteiger partial charge in [-0.2, -0.15) is 0 Å². The van der Waals surface area contributed by atoms with E-state index in [1.165, 1.54) is 25.1 Å². The van der Waals surface area contributed by atoms with Gasteiger partial charge in [0.2, 0.25) is 5.88 Å². The van der Waals surface area contributed by atoms with Crippen molar-refractivity contribution in [1.82, 2.24) is 10.3 Å². The number of nitrogens with zero attached hydrogens (tertiary/aromatic N) is 1. The van der Waals surface area contributed by atoms with E-state index in [1.54, 1.807) is 0 Å². The van der Waals surface area contributed by atoms with Gasteiger partial charge in [-0.15, -0.1) is 0 Å². The maximum Gasteiger partial charge on any atom is 0.218 e. The van der Waals surface area contributed by atoms with Crippen LogP contribution in [0, 0.1) is 11.7 Å². The Morgan fingerprint density at radius 1 is 1.53 bits per heavy atom. The lowest BCUT2D eigenvalue weighted by atomic mass is 10.2. The molecule has 0 unspecified atom stereocenters. The van der Waals surface area contributed by atoms with Gasteiger partial charge in [-0.05, 0) is 37.8 Å². The molecule has 0 aromatic carbocycles. The molecule has 2 rings (SSSR count). The highest BCUT2D eigenvalue weighted by atomic mass is 19.1. The molecule has 1 aliphatic rings. The summed E-state index contributed by atoms with van der Waals surface area (Å²) in [4.78, 5) is 4.02. The van der Waals surface area contributed by atoms with E-state index < -0.39 is 0 Å². The predicted octanol–water partition coefficient (Wildman–Crippen LogP) is 2.51. The fourth-order valence-corrected chi connectivity index (χ4v) is 1.61. The summed E-state index contributed by atoms with van der Waals surface area (Å²) in [5, 5.41) is 3.24. The normalized spacial score (nSPS) is 14.9. The highest BCUT2D eigenvalue weighted by Crippen LogP contribution is 2.29. The molecule has 1 fully saturated rings. The molecule has 1 heterocycles. The maximum atomic E-state index is 13.1. The fourth-order valence-electron chi connectivity index (χ4n) is 1.61. The Balaban J connectivity index is 1.95. The Kier molecular flexibility index (Phi) is 4.31. The third-order valence-corrected chi connectivity index (χ3v) is 2.79. The first kappa shape index (κ1) is 12.3. The van der Waals surface area contributed by atoms with Gasteiger partial charge in [0.15, 0.2) is 0 Å². The van der Waals surface area contributed by atoms with Gasteiger partial charge in [-0.1, -0.05) is 6.92 Å². The van der Waals surface area contributed by atoms with Crippen LogP contribution in [0.15, 0.2) is 12.3 Å². The molecule has 1 aromatic heterocycles. The van der Waals surface area contributed by atoms with Crippen molar-refractivity contribution >= 4 is 0 Å². The molecule has 3 nitrogen and oxygen atoms in total. The van der Waals surface area contributed by atoms with Crippen molar-refractivity contribution in [3.63, 3.8) is 0 Å². The lowest BCUT2D eigenvalue weighted by molar-refractivity contribution is 0.283. The van der Waals surface area contributed by atoms with Crippen LogP contribution < -0.4 is 10.1 Å². The van der Waals surface area contributed by atoms with Gasteiger partial charge in [0.05, 0.1) is 12.8 Å². The summed E-state index contributed by atoms with van der Waals surface area (Å²) >= 11 is 0. The van der Waals surface area contributed by atoms with Gasteiger partial charge < -0.3 is 10.1 Å².